The summed E-state index contributed by atoms with van der Waals surface area (Å²) in [5.41, 5.74) is -0.982. The summed E-state index contributed by atoms with van der Waals surface area (Å²) in [7, 11) is 0. The van der Waals surface area contributed by atoms with Crippen LogP contribution >= 0.6 is 0 Å². The number of H-pyrrole nitrogens is 1. The maximum absolute atomic E-state index is 10.9. The highest BCUT2D eigenvalue weighted by atomic mass is 16.4. The van der Waals surface area contributed by atoms with Crippen molar-refractivity contribution in [3.63, 3.8) is 0 Å². The van der Waals surface area contributed by atoms with Crippen LogP contribution in [0.3, 0.4) is 0 Å². The van der Waals surface area contributed by atoms with E-state index >= 15 is 0 Å². The van der Waals surface area contributed by atoms with Gasteiger partial charge in [-0.2, -0.15) is 0 Å². The van der Waals surface area contributed by atoms with Gasteiger partial charge in [0.15, 0.2) is 5.43 Å². The molecule has 0 saturated carbocycles. The summed E-state index contributed by atoms with van der Waals surface area (Å²) in [5.74, 6) is 0.766. The highest BCUT2D eigenvalue weighted by Gasteiger charge is 2.12. The van der Waals surface area contributed by atoms with Crippen molar-refractivity contribution in [2.75, 3.05) is 0 Å². The van der Waals surface area contributed by atoms with Crippen LogP contribution in [0.5, 0.6) is 0 Å². The number of hydrogen-bond donors (Lipinski definition) is 2. The van der Waals surface area contributed by atoms with Crippen molar-refractivity contribution in [1.29, 1.82) is 0 Å². The van der Waals surface area contributed by atoms with Gasteiger partial charge < -0.3 is 10.1 Å². The Labute approximate surface area is 67.9 Å². The van der Waals surface area contributed by atoms with Gasteiger partial charge in [0.1, 0.15) is 11.3 Å². The lowest BCUT2D eigenvalue weighted by molar-refractivity contribution is 0.0695. The molecule has 1 aromatic rings. The van der Waals surface area contributed by atoms with Crippen LogP contribution in [-0.2, 0) is 0 Å². The van der Waals surface area contributed by atoms with E-state index in [1.807, 2.05) is 0 Å². The first kappa shape index (κ1) is 8.08. The van der Waals surface area contributed by atoms with Crippen LogP contribution in [0.4, 0.5) is 0 Å². The molecule has 0 aliphatic carbocycles. The molecule has 0 amide bonds. The lowest BCUT2D eigenvalue weighted by atomic mass is 10.2. The Morgan fingerprint density at radius 3 is 2.75 bits per heavy atom. The molecule has 0 bridgehead atoms. The molecule has 1 aromatic heterocycles. The van der Waals surface area contributed by atoms with Crippen molar-refractivity contribution >= 4 is 5.97 Å². The van der Waals surface area contributed by atoms with E-state index < -0.39 is 11.4 Å². The first-order valence-electron chi connectivity index (χ1n) is 3.08. The predicted octanol–water partition coefficient (Wildman–Crippen LogP) is 0.0544. The zero-order chi connectivity index (χ0) is 9.14. The normalized spacial score (nSPS) is 8.92. The molecule has 2 N–H and O–H groups in total. The molecule has 60 valence electrons. The van der Waals surface area contributed by atoms with Gasteiger partial charge in [-0.15, -0.1) is 6.42 Å². The first-order chi connectivity index (χ1) is 5.66. The molecule has 0 radical (unpaired) electrons. The highest BCUT2D eigenvalue weighted by molar-refractivity contribution is 5.89. The largest absolute Gasteiger partial charge is 0.477 e. The van der Waals surface area contributed by atoms with E-state index in [1.54, 1.807) is 0 Å². The molecule has 1 rings (SSSR count). The van der Waals surface area contributed by atoms with Gasteiger partial charge in [0, 0.05) is 12.3 Å². The summed E-state index contributed by atoms with van der Waals surface area (Å²) in [5, 5.41) is 8.56. The molecule has 0 saturated heterocycles. The van der Waals surface area contributed by atoms with Crippen molar-refractivity contribution in [1.82, 2.24) is 4.98 Å². The quantitative estimate of drug-likeness (QED) is 0.575. The van der Waals surface area contributed by atoms with E-state index in [1.165, 1.54) is 6.20 Å². The van der Waals surface area contributed by atoms with Crippen LogP contribution in [0.15, 0.2) is 17.1 Å². The Hall–Kier alpha value is -2.02. The summed E-state index contributed by atoms with van der Waals surface area (Å²) in [6, 6.07) is 1.12. The lowest BCUT2D eigenvalue weighted by Gasteiger charge is -1.95. The number of carbonyl (C=O) groups is 1. The minimum absolute atomic E-state index is 0.00463. The third kappa shape index (κ3) is 1.20. The third-order valence-corrected chi connectivity index (χ3v) is 1.32. The van der Waals surface area contributed by atoms with Gasteiger partial charge in [-0.25, -0.2) is 4.79 Å². The Balaban J connectivity index is 3.54. The third-order valence-electron chi connectivity index (χ3n) is 1.32. The molecule has 0 atom stereocenters. The number of hydrogen-bond acceptors (Lipinski definition) is 2. The van der Waals surface area contributed by atoms with Gasteiger partial charge in [-0.05, 0) is 0 Å². The molecular formula is C8H5NO3. The maximum Gasteiger partial charge on any atom is 0.342 e. The Morgan fingerprint density at radius 1 is 1.67 bits per heavy atom. The molecule has 12 heavy (non-hydrogen) atoms. The second-order valence-electron chi connectivity index (χ2n) is 2.04. The zero-order valence-electron chi connectivity index (χ0n) is 6.00. The number of pyridine rings is 1. The van der Waals surface area contributed by atoms with Gasteiger partial charge in [0.2, 0.25) is 0 Å². The van der Waals surface area contributed by atoms with Crippen molar-refractivity contribution < 1.29 is 9.90 Å². The highest BCUT2D eigenvalue weighted by Crippen LogP contribution is 1.96. The number of carboxylic acids is 1. The fourth-order valence-corrected chi connectivity index (χ4v) is 0.806. The second-order valence-corrected chi connectivity index (χ2v) is 2.04. The van der Waals surface area contributed by atoms with E-state index in [9.17, 15) is 9.59 Å². The fraction of sp³-hybridized carbons (Fsp3) is 0. The number of aromatic amines is 1. The molecule has 4 nitrogen and oxygen atoms in total. The van der Waals surface area contributed by atoms with Gasteiger partial charge in [-0.3, -0.25) is 4.79 Å². The number of nitrogens with one attached hydrogen (secondary N) is 1. The standard InChI is InChI=1S/C8H5NO3/c1-2-5-7(8(11)12)6(10)3-4-9-5/h1,3-4H,(H,9,10)(H,11,12). The summed E-state index contributed by atoms with van der Waals surface area (Å²) in [4.78, 5) is 23.9. The monoisotopic (exact) mass is 163 g/mol. The minimum Gasteiger partial charge on any atom is -0.477 e. The molecule has 4 heteroatoms. The number of aromatic nitrogens is 1. The maximum atomic E-state index is 10.9. The summed E-state index contributed by atoms with van der Waals surface area (Å²) >= 11 is 0. The summed E-state index contributed by atoms with van der Waals surface area (Å²) in [6.45, 7) is 0. The lowest BCUT2D eigenvalue weighted by Crippen LogP contribution is -2.16. The first-order valence-corrected chi connectivity index (χ1v) is 3.08. The fourth-order valence-electron chi connectivity index (χ4n) is 0.806. The minimum atomic E-state index is -1.31. The van der Waals surface area contributed by atoms with Crippen molar-refractivity contribution in [2.45, 2.75) is 0 Å². The van der Waals surface area contributed by atoms with E-state index in [4.69, 9.17) is 11.5 Å². The summed E-state index contributed by atoms with van der Waals surface area (Å²) < 4.78 is 0. The van der Waals surface area contributed by atoms with Crippen LogP contribution in [0, 0.1) is 12.3 Å². The number of aromatic carboxylic acids is 1. The van der Waals surface area contributed by atoms with E-state index in [-0.39, 0.29) is 11.3 Å². The number of carboxylic acid groups (broad SMARTS) is 1. The van der Waals surface area contributed by atoms with E-state index in [0.717, 1.165) is 6.07 Å². The van der Waals surface area contributed by atoms with Crippen molar-refractivity contribution in [2.24, 2.45) is 0 Å². The van der Waals surface area contributed by atoms with Crippen LogP contribution < -0.4 is 5.43 Å². The molecule has 1 heterocycles. The topological polar surface area (TPSA) is 70.2 Å². The van der Waals surface area contributed by atoms with Crippen LogP contribution in [-0.4, -0.2) is 16.1 Å². The second kappa shape index (κ2) is 2.93. The molecule has 0 fully saturated rings. The predicted molar refractivity (Wildman–Crippen MR) is 42.0 cm³/mol. The summed E-state index contributed by atoms with van der Waals surface area (Å²) in [6.07, 6.45) is 6.28. The Bertz CT molecular complexity index is 411. The van der Waals surface area contributed by atoms with Crippen LogP contribution in [0.2, 0.25) is 0 Å². The zero-order valence-corrected chi connectivity index (χ0v) is 6.00. The smallest absolute Gasteiger partial charge is 0.342 e. The molecule has 0 spiro atoms. The van der Waals surface area contributed by atoms with E-state index in [2.05, 4.69) is 10.9 Å². The Morgan fingerprint density at radius 2 is 2.33 bits per heavy atom. The number of rotatable bonds is 1. The average Bonchev–Trinajstić information content (AvgIpc) is 2.03. The number of terminal acetylenes is 1. The average molecular weight is 163 g/mol. The Kier molecular flexibility index (Phi) is 1.97. The molecule has 0 aliphatic heterocycles. The van der Waals surface area contributed by atoms with E-state index in [0.29, 0.717) is 0 Å². The molecule has 0 unspecified atom stereocenters. The molecular weight excluding hydrogens is 158 g/mol. The van der Waals surface area contributed by atoms with Crippen molar-refractivity contribution in [3.05, 3.63) is 33.7 Å². The van der Waals surface area contributed by atoms with Gasteiger partial charge in [0.25, 0.3) is 0 Å². The van der Waals surface area contributed by atoms with Crippen LogP contribution in [0.25, 0.3) is 0 Å². The molecule has 0 aliphatic rings. The van der Waals surface area contributed by atoms with Crippen molar-refractivity contribution in [3.8, 4) is 12.3 Å². The van der Waals surface area contributed by atoms with Gasteiger partial charge in [-0.1, -0.05) is 5.92 Å². The molecule has 0 aromatic carbocycles. The SMILES string of the molecule is C#Cc1[nH]ccc(=O)c1C(=O)O. The van der Waals surface area contributed by atoms with Gasteiger partial charge >= 0.3 is 5.97 Å². The van der Waals surface area contributed by atoms with Crippen LogP contribution in [0.1, 0.15) is 16.1 Å². The van der Waals surface area contributed by atoms with Gasteiger partial charge in [0.05, 0.1) is 0 Å².